The lowest BCUT2D eigenvalue weighted by molar-refractivity contribution is 0.318. The minimum absolute atomic E-state index is 0.811. The van der Waals surface area contributed by atoms with Crippen molar-refractivity contribution in [3.05, 3.63) is 76.4 Å². The Morgan fingerprint density at radius 1 is 1.04 bits per heavy atom. The quantitative estimate of drug-likeness (QED) is 0.610. The van der Waals surface area contributed by atoms with E-state index in [0.717, 1.165) is 43.4 Å². The first-order valence-corrected chi connectivity index (χ1v) is 8.38. The largest absolute Gasteiger partial charge is 0.411 e. The van der Waals surface area contributed by atoms with Gasteiger partial charge in [0.25, 0.3) is 0 Å². The zero-order valence-electron chi connectivity index (χ0n) is 13.6. The Labute approximate surface area is 138 Å². The van der Waals surface area contributed by atoms with Crippen molar-refractivity contribution in [3.63, 3.8) is 0 Å². The van der Waals surface area contributed by atoms with Crippen LogP contribution < -0.4 is 0 Å². The van der Waals surface area contributed by atoms with Gasteiger partial charge in [-0.3, -0.25) is 0 Å². The van der Waals surface area contributed by atoms with Crippen LogP contribution in [0, 0.1) is 0 Å². The topological polar surface area (TPSA) is 32.6 Å². The Balaban J connectivity index is 1.60. The van der Waals surface area contributed by atoms with Crippen molar-refractivity contribution in [1.29, 1.82) is 0 Å². The van der Waals surface area contributed by atoms with Crippen molar-refractivity contribution >= 4 is 11.8 Å². The lowest BCUT2D eigenvalue weighted by atomic mass is 10.0. The van der Waals surface area contributed by atoms with Crippen LogP contribution in [0.2, 0.25) is 0 Å². The third-order valence-electron chi connectivity index (χ3n) is 4.54. The van der Waals surface area contributed by atoms with E-state index in [1.807, 2.05) is 0 Å². The lowest BCUT2D eigenvalue weighted by Gasteiger charge is -2.02. The number of nitrogens with zero attached hydrogens (tertiary/aromatic N) is 1. The molecule has 23 heavy (non-hydrogen) atoms. The van der Waals surface area contributed by atoms with Gasteiger partial charge in [-0.05, 0) is 60.4 Å². The minimum Gasteiger partial charge on any atom is -0.411 e. The third-order valence-corrected chi connectivity index (χ3v) is 4.54. The highest BCUT2D eigenvalue weighted by Crippen LogP contribution is 2.24. The molecule has 2 aromatic carbocycles. The second-order valence-electron chi connectivity index (χ2n) is 6.07. The number of aryl methyl sites for hydroxylation is 3. The van der Waals surface area contributed by atoms with Gasteiger partial charge in [0.2, 0.25) is 0 Å². The summed E-state index contributed by atoms with van der Waals surface area (Å²) in [4.78, 5) is 0. The fourth-order valence-corrected chi connectivity index (χ4v) is 3.09. The van der Waals surface area contributed by atoms with E-state index >= 15 is 0 Å². The predicted molar refractivity (Wildman–Crippen MR) is 96.3 cm³/mol. The summed E-state index contributed by atoms with van der Waals surface area (Å²) in [6, 6.07) is 15.3. The van der Waals surface area contributed by atoms with E-state index in [1.165, 1.54) is 22.3 Å². The molecule has 118 valence electrons. The highest BCUT2D eigenvalue weighted by molar-refractivity contribution is 6.04. The first kappa shape index (κ1) is 15.5. The fraction of sp³-hybridized carbons (Fsp3) is 0.286. The Morgan fingerprint density at radius 3 is 2.57 bits per heavy atom. The van der Waals surface area contributed by atoms with Crippen LogP contribution in [0.1, 0.15) is 47.6 Å². The van der Waals surface area contributed by atoms with Crippen LogP contribution >= 0.6 is 0 Å². The molecule has 2 aromatic rings. The average Bonchev–Trinajstić information content (AvgIpc) is 3.01. The van der Waals surface area contributed by atoms with Crippen LogP contribution in [-0.4, -0.2) is 10.9 Å². The van der Waals surface area contributed by atoms with Gasteiger partial charge in [-0.25, -0.2) is 0 Å². The lowest BCUT2D eigenvalue weighted by Crippen LogP contribution is -1.94. The van der Waals surface area contributed by atoms with Crippen molar-refractivity contribution in [2.45, 2.75) is 39.0 Å². The average molecular weight is 305 g/mol. The molecule has 0 atom stereocenters. The van der Waals surface area contributed by atoms with Crippen molar-refractivity contribution in [2.75, 3.05) is 0 Å². The van der Waals surface area contributed by atoms with Gasteiger partial charge in [0.1, 0.15) is 0 Å². The molecule has 0 bridgehead atoms. The molecule has 1 aliphatic carbocycles. The van der Waals surface area contributed by atoms with Crippen LogP contribution in [0.15, 0.2) is 53.7 Å². The van der Waals surface area contributed by atoms with Gasteiger partial charge in [0, 0.05) is 5.56 Å². The van der Waals surface area contributed by atoms with Crippen LogP contribution in [-0.2, 0) is 19.3 Å². The summed E-state index contributed by atoms with van der Waals surface area (Å²) in [7, 11) is 0. The van der Waals surface area contributed by atoms with Gasteiger partial charge in [-0.15, -0.1) is 0 Å². The van der Waals surface area contributed by atoms with Crippen molar-refractivity contribution in [1.82, 2.24) is 0 Å². The van der Waals surface area contributed by atoms with Gasteiger partial charge in [-0.2, -0.15) is 0 Å². The maximum Gasteiger partial charge on any atom is 0.0874 e. The summed E-state index contributed by atoms with van der Waals surface area (Å²) in [5, 5.41) is 12.5. The highest BCUT2D eigenvalue weighted by Gasteiger charge is 2.17. The Bertz CT molecular complexity index is 726. The molecule has 0 radical (unpaired) electrons. The van der Waals surface area contributed by atoms with Crippen molar-refractivity contribution < 1.29 is 5.21 Å². The fourth-order valence-electron chi connectivity index (χ4n) is 3.09. The number of benzene rings is 2. The normalized spacial score (nSPS) is 15.4. The van der Waals surface area contributed by atoms with E-state index in [0.29, 0.717) is 0 Å². The summed E-state index contributed by atoms with van der Waals surface area (Å²) < 4.78 is 0. The number of rotatable bonds is 5. The Hall–Kier alpha value is -2.35. The number of allylic oxidation sites excluding steroid dienone is 1. The van der Waals surface area contributed by atoms with E-state index in [1.54, 1.807) is 0 Å². The first-order chi connectivity index (χ1) is 11.3. The van der Waals surface area contributed by atoms with E-state index in [-0.39, 0.29) is 0 Å². The SMILES string of the molecule is CCc1ccc(CC/C=C/c2ccc3c(c2)C(=NO)CC3)cc1. The maximum absolute atomic E-state index is 9.05. The first-order valence-electron chi connectivity index (χ1n) is 8.38. The van der Waals surface area contributed by atoms with Crippen LogP contribution in [0.25, 0.3) is 6.08 Å². The van der Waals surface area contributed by atoms with Crippen molar-refractivity contribution in [2.24, 2.45) is 5.16 Å². The minimum atomic E-state index is 0.811. The Kier molecular flexibility index (Phi) is 4.92. The number of fused-ring (bicyclic) bond motifs is 1. The number of hydrogen-bond acceptors (Lipinski definition) is 2. The van der Waals surface area contributed by atoms with Gasteiger partial charge in [0.15, 0.2) is 0 Å². The molecule has 0 saturated carbocycles. The molecule has 0 fully saturated rings. The summed E-state index contributed by atoms with van der Waals surface area (Å²) in [5.74, 6) is 0. The summed E-state index contributed by atoms with van der Waals surface area (Å²) in [6.07, 6.45) is 9.39. The van der Waals surface area contributed by atoms with Crippen LogP contribution in [0.5, 0.6) is 0 Å². The van der Waals surface area contributed by atoms with Gasteiger partial charge >= 0.3 is 0 Å². The van der Waals surface area contributed by atoms with Gasteiger partial charge in [-0.1, -0.05) is 60.6 Å². The molecule has 0 aliphatic heterocycles. The summed E-state index contributed by atoms with van der Waals surface area (Å²) in [5.41, 5.74) is 7.15. The number of hydrogen-bond donors (Lipinski definition) is 1. The molecular formula is C21H23NO. The molecule has 2 nitrogen and oxygen atoms in total. The van der Waals surface area contributed by atoms with Crippen LogP contribution in [0.4, 0.5) is 0 Å². The van der Waals surface area contributed by atoms with Gasteiger partial charge in [0.05, 0.1) is 5.71 Å². The maximum atomic E-state index is 9.05. The van der Waals surface area contributed by atoms with E-state index in [2.05, 4.69) is 66.7 Å². The second kappa shape index (κ2) is 7.28. The molecule has 0 amide bonds. The Morgan fingerprint density at radius 2 is 1.83 bits per heavy atom. The molecule has 0 aromatic heterocycles. The molecule has 0 heterocycles. The molecule has 2 heteroatoms. The summed E-state index contributed by atoms with van der Waals surface area (Å²) >= 11 is 0. The van der Waals surface area contributed by atoms with E-state index < -0.39 is 0 Å². The van der Waals surface area contributed by atoms with E-state index in [4.69, 9.17) is 5.21 Å². The molecule has 0 spiro atoms. The second-order valence-corrected chi connectivity index (χ2v) is 6.07. The molecule has 3 rings (SSSR count). The standard InChI is InChI=1S/C21H23NO/c1-2-16-7-9-17(10-8-16)5-3-4-6-18-11-12-19-13-14-21(22-23)20(19)15-18/h4,6-12,15,23H,2-3,5,13-14H2,1H3/b6-4+,22-21?. The summed E-state index contributed by atoms with van der Waals surface area (Å²) in [6.45, 7) is 2.18. The smallest absolute Gasteiger partial charge is 0.0874 e. The van der Waals surface area contributed by atoms with E-state index in [9.17, 15) is 0 Å². The molecule has 0 saturated heterocycles. The highest BCUT2D eigenvalue weighted by atomic mass is 16.4. The zero-order valence-corrected chi connectivity index (χ0v) is 13.6. The third kappa shape index (κ3) is 3.70. The predicted octanol–water partition coefficient (Wildman–Crippen LogP) is 5.02. The van der Waals surface area contributed by atoms with Gasteiger partial charge < -0.3 is 5.21 Å². The van der Waals surface area contributed by atoms with Crippen molar-refractivity contribution in [3.8, 4) is 0 Å². The monoisotopic (exact) mass is 305 g/mol. The molecule has 0 unspecified atom stereocenters. The van der Waals surface area contributed by atoms with Crippen LogP contribution in [0.3, 0.4) is 0 Å². The molecule has 1 aliphatic rings. The molecule has 1 N–H and O–H groups in total. The molecular weight excluding hydrogens is 282 g/mol. The number of oxime groups is 1. The zero-order chi connectivity index (χ0) is 16.1.